The Morgan fingerprint density at radius 3 is 2.30 bits per heavy atom. The average Bonchev–Trinajstić information content (AvgIpc) is 3.23. The number of aromatic carboxylic acids is 1. The van der Waals surface area contributed by atoms with Gasteiger partial charge in [-0.1, -0.05) is 42.5 Å². The Balaban J connectivity index is 1.64. The van der Waals surface area contributed by atoms with Crippen LogP contribution in [-0.4, -0.2) is 40.9 Å². The van der Waals surface area contributed by atoms with Crippen molar-refractivity contribution in [3.63, 3.8) is 0 Å². The van der Waals surface area contributed by atoms with Crippen molar-refractivity contribution >= 4 is 38.1 Å². The molecule has 0 amide bonds. The van der Waals surface area contributed by atoms with E-state index in [0.717, 1.165) is 17.4 Å². The van der Waals surface area contributed by atoms with E-state index in [9.17, 15) is 28.5 Å². The molecule has 0 unspecified atom stereocenters. The second-order valence-corrected chi connectivity index (χ2v) is 11.5. The van der Waals surface area contributed by atoms with E-state index in [4.69, 9.17) is 0 Å². The third kappa shape index (κ3) is 4.80. The van der Waals surface area contributed by atoms with Gasteiger partial charge in [-0.15, -0.1) is 10.2 Å². The molecule has 0 saturated carbocycles. The summed E-state index contributed by atoms with van der Waals surface area (Å²) in [5.41, 5.74) is 4.55. The van der Waals surface area contributed by atoms with Gasteiger partial charge in [-0.05, 0) is 66.4 Å². The predicted molar refractivity (Wildman–Crippen MR) is 153 cm³/mol. The van der Waals surface area contributed by atoms with Crippen LogP contribution in [0.4, 0.5) is 11.4 Å². The number of benzene rings is 4. The van der Waals surface area contributed by atoms with Crippen LogP contribution in [-0.2, 0) is 9.84 Å². The minimum absolute atomic E-state index is 0.0674. The lowest BCUT2D eigenvalue weighted by Crippen LogP contribution is -2.01. The minimum Gasteiger partial charge on any atom is -0.505 e. The van der Waals surface area contributed by atoms with Crippen LogP contribution in [0.2, 0.25) is 0 Å². The zero-order valence-electron chi connectivity index (χ0n) is 21.8. The molecule has 0 aliphatic heterocycles. The molecule has 10 heteroatoms. The Morgan fingerprint density at radius 2 is 1.60 bits per heavy atom. The molecule has 0 fully saturated rings. The maximum absolute atomic E-state index is 12.7. The largest absolute Gasteiger partial charge is 0.505 e. The molecule has 0 aliphatic rings. The topological polar surface area (TPSA) is 152 Å². The summed E-state index contributed by atoms with van der Waals surface area (Å²) in [6, 6.07) is 19.6. The SMILES string of the molecule is Cc1ccc(-c2c(S(C)(=O)=O)ccc3c(N=Nc4cccc(-c5cccc(C(=O)O)c5)c4O)c(O)[nH]c23)cc1C. The molecule has 1 heterocycles. The number of aromatic amines is 1. The Bertz CT molecular complexity index is 1960. The summed E-state index contributed by atoms with van der Waals surface area (Å²) in [5.74, 6) is -1.63. The lowest BCUT2D eigenvalue weighted by atomic mass is 9.98. The van der Waals surface area contributed by atoms with Gasteiger partial charge in [0.1, 0.15) is 5.69 Å². The van der Waals surface area contributed by atoms with E-state index in [0.29, 0.717) is 33.2 Å². The summed E-state index contributed by atoms with van der Waals surface area (Å²) in [6.45, 7) is 3.90. The Hall–Kier alpha value is -4.96. The summed E-state index contributed by atoms with van der Waals surface area (Å²) in [7, 11) is -3.63. The van der Waals surface area contributed by atoms with Crippen LogP contribution in [0, 0.1) is 13.8 Å². The number of fused-ring (bicyclic) bond motifs is 1. The van der Waals surface area contributed by atoms with E-state index in [1.165, 1.54) is 24.3 Å². The van der Waals surface area contributed by atoms with Gasteiger partial charge in [0.2, 0.25) is 5.88 Å². The van der Waals surface area contributed by atoms with E-state index in [1.807, 2.05) is 32.0 Å². The first-order valence-electron chi connectivity index (χ1n) is 12.2. The van der Waals surface area contributed by atoms with Crippen LogP contribution < -0.4 is 0 Å². The summed E-state index contributed by atoms with van der Waals surface area (Å²) in [6.07, 6.45) is 1.13. The highest BCUT2D eigenvalue weighted by Crippen LogP contribution is 2.44. The van der Waals surface area contributed by atoms with E-state index < -0.39 is 15.8 Å². The monoisotopic (exact) mass is 555 g/mol. The molecule has 40 heavy (non-hydrogen) atoms. The number of phenols is 1. The molecule has 0 radical (unpaired) electrons. The molecule has 0 bridgehead atoms. The lowest BCUT2D eigenvalue weighted by molar-refractivity contribution is 0.0697. The van der Waals surface area contributed by atoms with Crippen molar-refractivity contribution in [2.24, 2.45) is 10.2 Å². The van der Waals surface area contributed by atoms with Crippen molar-refractivity contribution in [3.8, 4) is 33.9 Å². The third-order valence-electron chi connectivity index (χ3n) is 6.78. The summed E-state index contributed by atoms with van der Waals surface area (Å²) >= 11 is 0. The number of nitrogens with one attached hydrogen (secondary N) is 1. The molecule has 0 saturated heterocycles. The molecule has 202 valence electrons. The van der Waals surface area contributed by atoms with E-state index in [1.54, 1.807) is 30.3 Å². The standard InChI is InChI=1S/C30H25N3O6S/c1-16-10-11-19(14-17(16)2)25-24(40(3,38)39)13-12-22-26(25)31-29(35)27(22)33-32-23-9-5-8-21(28(23)34)18-6-4-7-20(15-18)30(36)37/h4-15,31,34-35H,1-3H3,(H,36,37). The zero-order valence-corrected chi connectivity index (χ0v) is 22.6. The number of H-pyrrole nitrogens is 1. The van der Waals surface area contributed by atoms with Crippen molar-refractivity contribution in [2.45, 2.75) is 18.7 Å². The van der Waals surface area contributed by atoms with Crippen molar-refractivity contribution in [2.75, 3.05) is 6.26 Å². The number of aromatic hydroxyl groups is 2. The van der Waals surface area contributed by atoms with Gasteiger partial charge in [-0.25, -0.2) is 13.2 Å². The van der Waals surface area contributed by atoms with Gasteiger partial charge in [0.05, 0.1) is 16.0 Å². The molecule has 0 aliphatic carbocycles. The normalized spacial score (nSPS) is 11.9. The smallest absolute Gasteiger partial charge is 0.335 e. The molecule has 4 aromatic carbocycles. The number of hydrogen-bond donors (Lipinski definition) is 4. The second-order valence-electron chi connectivity index (χ2n) is 9.51. The zero-order chi connectivity index (χ0) is 28.8. The van der Waals surface area contributed by atoms with Crippen LogP contribution in [0.5, 0.6) is 11.6 Å². The van der Waals surface area contributed by atoms with Crippen molar-refractivity contribution in [1.82, 2.24) is 4.98 Å². The van der Waals surface area contributed by atoms with Gasteiger partial charge in [-0.2, -0.15) is 0 Å². The molecule has 0 spiro atoms. The van der Waals surface area contributed by atoms with Crippen molar-refractivity contribution in [3.05, 3.63) is 89.5 Å². The number of carboxylic acids is 1. The number of carboxylic acid groups (broad SMARTS) is 1. The minimum atomic E-state index is -3.63. The molecule has 5 rings (SSSR count). The summed E-state index contributed by atoms with van der Waals surface area (Å²) in [5, 5.41) is 39.8. The number of sulfone groups is 1. The van der Waals surface area contributed by atoms with Gasteiger partial charge in [0.15, 0.2) is 21.3 Å². The lowest BCUT2D eigenvalue weighted by Gasteiger charge is -2.12. The van der Waals surface area contributed by atoms with Gasteiger partial charge >= 0.3 is 5.97 Å². The summed E-state index contributed by atoms with van der Waals surface area (Å²) in [4.78, 5) is 14.3. The third-order valence-corrected chi connectivity index (χ3v) is 7.92. The number of nitrogens with zero attached hydrogens (tertiary/aromatic N) is 2. The Morgan fingerprint density at radius 1 is 0.850 bits per heavy atom. The number of aromatic nitrogens is 1. The maximum Gasteiger partial charge on any atom is 0.335 e. The number of hydrogen-bond acceptors (Lipinski definition) is 7. The van der Waals surface area contributed by atoms with Crippen LogP contribution in [0.25, 0.3) is 33.2 Å². The number of aryl methyl sites for hydroxylation is 2. The van der Waals surface area contributed by atoms with Crippen molar-refractivity contribution < 1.29 is 28.5 Å². The average molecular weight is 556 g/mol. The first-order chi connectivity index (χ1) is 19.0. The van der Waals surface area contributed by atoms with Crippen molar-refractivity contribution in [1.29, 1.82) is 0 Å². The van der Waals surface area contributed by atoms with Crippen LogP contribution in [0.1, 0.15) is 21.5 Å². The highest BCUT2D eigenvalue weighted by atomic mass is 32.2. The molecule has 1 aromatic heterocycles. The Kier molecular flexibility index (Phi) is 6.64. The fraction of sp³-hybridized carbons (Fsp3) is 0.100. The molecule has 9 nitrogen and oxygen atoms in total. The number of rotatable bonds is 6. The fourth-order valence-corrected chi connectivity index (χ4v) is 5.48. The number of para-hydroxylation sites is 1. The highest BCUT2D eigenvalue weighted by molar-refractivity contribution is 7.90. The molecule has 0 atom stereocenters. The van der Waals surface area contributed by atoms with Gasteiger partial charge in [-0.3, -0.25) is 0 Å². The van der Waals surface area contributed by atoms with Crippen LogP contribution in [0.15, 0.2) is 87.9 Å². The van der Waals surface area contributed by atoms with Gasteiger partial charge in [0.25, 0.3) is 0 Å². The Labute approximate surface area is 230 Å². The number of carbonyl (C=O) groups is 1. The number of azo groups is 1. The molecular formula is C30H25N3O6S. The fourth-order valence-electron chi connectivity index (χ4n) is 4.58. The second kappa shape index (κ2) is 9.97. The van der Waals surface area contributed by atoms with Gasteiger partial charge in [0, 0.05) is 22.8 Å². The first kappa shape index (κ1) is 26.6. The van der Waals surface area contributed by atoms with Crippen LogP contribution >= 0.6 is 0 Å². The van der Waals surface area contributed by atoms with E-state index in [2.05, 4.69) is 15.2 Å². The highest BCUT2D eigenvalue weighted by Gasteiger charge is 2.23. The quantitative estimate of drug-likeness (QED) is 0.165. The van der Waals surface area contributed by atoms with Gasteiger partial charge < -0.3 is 20.3 Å². The predicted octanol–water partition coefficient (Wildman–Crippen LogP) is 7.05. The van der Waals surface area contributed by atoms with Crippen LogP contribution in [0.3, 0.4) is 0 Å². The first-order valence-corrected chi connectivity index (χ1v) is 14.1. The molecule has 5 aromatic rings. The number of phenolic OH excluding ortho intramolecular Hbond substituents is 1. The summed E-state index contributed by atoms with van der Waals surface area (Å²) < 4.78 is 25.4. The van der Waals surface area contributed by atoms with E-state index >= 15 is 0 Å². The molecular weight excluding hydrogens is 530 g/mol. The van der Waals surface area contributed by atoms with E-state index in [-0.39, 0.29) is 33.5 Å². The maximum atomic E-state index is 12.7. The molecule has 4 N–H and O–H groups in total.